The Morgan fingerprint density at radius 3 is 2.75 bits per heavy atom. The minimum atomic E-state index is -2.33. The van der Waals surface area contributed by atoms with Crippen molar-refractivity contribution in [3.8, 4) is 5.75 Å². The quantitative estimate of drug-likeness (QED) is 0.348. The smallest absolute Gasteiger partial charge is 0.343 e. The van der Waals surface area contributed by atoms with Crippen LogP contribution in [0.25, 0.3) is 0 Å². The maximum atomic E-state index is 12.4. The van der Waals surface area contributed by atoms with Gasteiger partial charge < -0.3 is 39.9 Å². The van der Waals surface area contributed by atoms with Crippen molar-refractivity contribution >= 4 is 11.9 Å². The van der Waals surface area contributed by atoms with Gasteiger partial charge >= 0.3 is 11.9 Å². The molecular weight excluding hydrogens is 422 g/mol. The van der Waals surface area contributed by atoms with Crippen LogP contribution in [-0.4, -0.2) is 85.9 Å². The molecule has 2 aliphatic heterocycles. The summed E-state index contributed by atoms with van der Waals surface area (Å²) in [5.41, 5.74) is 0.216. The molecule has 1 aromatic carbocycles. The second-order valence-electron chi connectivity index (χ2n) is 9.05. The molecule has 4 aliphatic rings. The van der Waals surface area contributed by atoms with E-state index in [1.165, 1.54) is 6.08 Å². The molecule has 172 valence electrons. The number of carboxylic acid groups (broad SMARTS) is 1. The summed E-state index contributed by atoms with van der Waals surface area (Å²) in [6, 6.07) is 3.51. The Morgan fingerprint density at radius 2 is 2.06 bits per heavy atom. The van der Waals surface area contributed by atoms with Crippen molar-refractivity contribution < 1.29 is 44.6 Å². The van der Waals surface area contributed by atoms with Gasteiger partial charge in [-0.25, -0.2) is 9.59 Å². The normalized spacial score (nSPS) is 34.1. The summed E-state index contributed by atoms with van der Waals surface area (Å²) < 4.78 is 11.6. The van der Waals surface area contributed by atoms with Gasteiger partial charge in [-0.05, 0) is 38.1 Å². The molecule has 5 rings (SSSR count). The molecule has 2 aliphatic carbocycles. The maximum Gasteiger partial charge on any atom is 0.343 e. The fourth-order valence-electron chi connectivity index (χ4n) is 6.07. The lowest BCUT2D eigenvalue weighted by molar-refractivity contribution is -0.177. The number of hydrogen-bond donors (Lipinski definition) is 5. The van der Waals surface area contributed by atoms with Gasteiger partial charge in [0, 0.05) is 23.6 Å². The summed E-state index contributed by atoms with van der Waals surface area (Å²) in [6.07, 6.45) is -2.73. The Bertz CT molecular complexity index is 1040. The third kappa shape index (κ3) is 2.52. The zero-order valence-electron chi connectivity index (χ0n) is 17.4. The highest BCUT2D eigenvalue weighted by Gasteiger charge is 2.71. The molecule has 6 atom stereocenters. The Balaban J connectivity index is 1.60. The van der Waals surface area contributed by atoms with Crippen LogP contribution in [0.4, 0.5) is 0 Å². The first-order valence-corrected chi connectivity index (χ1v) is 10.5. The summed E-state index contributed by atoms with van der Waals surface area (Å²) in [6.45, 7) is 0.395. The number of aliphatic carboxylic acids is 1. The first-order valence-electron chi connectivity index (χ1n) is 10.5. The predicted octanol–water partition coefficient (Wildman–Crippen LogP) is -1.19. The molecule has 5 N–H and O–H groups in total. The SMILES string of the molecule is CN1CCC23c4c5ccc(CO)c4OC2C(OC(=O)[C@@H](O)[C@H](O)C(=O)O)=CC[C@@]3(O)[C@H]1C5. The number of aliphatic hydroxyl groups is 4. The highest BCUT2D eigenvalue weighted by Crippen LogP contribution is 2.64. The molecule has 2 heterocycles. The fraction of sp³-hybridized carbons (Fsp3) is 0.545. The number of rotatable bonds is 5. The van der Waals surface area contributed by atoms with Gasteiger partial charge in [-0.2, -0.15) is 0 Å². The van der Waals surface area contributed by atoms with Crippen LogP contribution >= 0.6 is 0 Å². The zero-order valence-corrected chi connectivity index (χ0v) is 17.4. The van der Waals surface area contributed by atoms with E-state index >= 15 is 0 Å². The van der Waals surface area contributed by atoms with Gasteiger partial charge in [0.2, 0.25) is 0 Å². The van der Waals surface area contributed by atoms with E-state index in [0.717, 1.165) is 11.1 Å². The van der Waals surface area contributed by atoms with Crippen molar-refractivity contribution in [2.75, 3.05) is 13.6 Å². The minimum Gasteiger partial charge on any atom is -0.481 e. The minimum absolute atomic E-state index is 0.0487. The van der Waals surface area contributed by atoms with Crippen LogP contribution in [-0.2, 0) is 32.8 Å². The van der Waals surface area contributed by atoms with Gasteiger partial charge in [0.25, 0.3) is 0 Å². The molecule has 0 radical (unpaired) electrons. The molecule has 0 amide bonds. The van der Waals surface area contributed by atoms with Crippen molar-refractivity contribution in [2.45, 2.75) is 61.2 Å². The van der Waals surface area contributed by atoms with Crippen LogP contribution in [0.1, 0.15) is 29.5 Å². The first kappa shape index (κ1) is 21.4. The third-order valence-corrected chi connectivity index (χ3v) is 7.64. The van der Waals surface area contributed by atoms with E-state index in [4.69, 9.17) is 14.6 Å². The number of ether oxygens (including phenoxy) is 2. The lowest BCUT2D eigenvalue weighted by Gasteiger charge is -2.61. The first-order chi connectivity index (χ1) is 15.2. The second kappa shape index (κ2) is 7.00. The summed E-state index contributed by atoms with van der Waals surface area (Å²) in [4.78, 5) is 25.4. The van der Waals surface area contributed by atoms with Crippen molar-refractivity contribution in [1.82, 2.24) is 4.90 Å². The van der Waals surface area contributed by atoms with Gasteiger partial charge in [0.15, 0.2) is 18.3 Å². The van der Waals surface area contributed by atoms with E-state index in [9.17, 15) is 30.0 Å². The number of nitrogens with zero attached hydrogens (tertiary/aromatic N) is 1. The van der Waals surface area contributed by atoms with Gasteiger partial charge in [0.05, 0.1) is 17.6 Å². The van der Waals surface area contributed by atoms with E-state index in [1.54, 1.807) is 6.07 Å². The van der Waals surface area contributed by atoms with Crippen molar-refractivity contribution in [3.63, 3.8) is 0 Å². The fourth-order valence-corrected chi connectivity index (χ4v) is 6.07. The summed E-state index contributed by atoms with van der Waals surface area (Å²) in [7, 11) is 1.96. The Kier molecular flexibility index (Phi) is 4.67. The molecule has 32 heavy (non-hydrogen) atoms. The summed E-state index contributed by atoms with van der Waals surface area (Å²) in [5, 5.41) is 50.2. The number of esters is 1. The molecule has 10 heteroatoms. The van der Waals surface area contributed by atoms with Crippen LogP contribution in [0.3, 0.4) is 0 Å². The van der Waals surface area contributed by atoms with Crippen LogP contribution in [0.5, 0.6) is 5.75 Å². The number of hydrogen-bond acceptors (Lipinski definition) is 9. The second-order valence-corrected chi connectivity index (χ2v) is 9.05. The largest absolute Gasteiger partial charge is 0.481 e. The highest BCUT2D eigenvalue weighted by atomic mass is 16.6. The molecule has 1 fully saturated rings. The van der Waals surface area contributed by atoms with E-state index in [1.807, 2.05) is 13.1 Å². The molecule has 2 bridgehead atoms. The molecule has 1 aromatic rings. The maximum absolute atomic E-state index is 12.4. The molecule has 1 spiro atoms. The standard InChI is InChI=1S/C22H25NO9/c1-23-7-6-21-14-10-2-3-11(9-24)17(14)32-18(21)12(4-5-22(21,30)13(23)8-10)31-20(29)16(26)15(25)19(27)28/h2-4,13,15-16,18,24-26,30H,5-9H2,1H3,(H,27,28)/t13-,15+,16+,18?,21?,22-/m1/s1. The van der Waals surface area contributed by atoms with Crippen LogP contribution < -0.4 is 4.74 Å². The topological polar surface area (TPSA) is 157 Å². The van der Waals surface area contributed by atoms with Crippen molar-refractivity contribution in [3.05, 3.63) is 40.7 Å². The molecule has 1 saturated heterocycles. The Morgan fingerprint density at radius 1 is 1.31 bits per heavy atom. The highest BCUT2D eigenvalue weighted by molar-refractivity contribution is 5.84. The average Bonchev–Trinajstić information content (AvgIpc) is 3.12. The number of benzene rings is 1. The molecule has 10 nitrogen and oxygen atoms in total. The lowest BCUT2D eigenvalue weighted by atomic mass is 9.50. The van der Waals surface area contributed by atoms with Crippen molar-refractivity contribution in [2.24, 2.45) is 0 Å². The number of piperidine rings is 1. The van der Waals surface area contributed by atoms with Gasteiger partial charge in [0.1, 0.15) is 11.5 Å². The number of carbonyl (C=O) groups is 2. The van der Waals surface area contributed by atoms with Crippen LogP contribution in [0.2, 0.25) is 0 Å². The number of aliphatic hydroxyl groups excluding tert-OH is 3. The molecule has 0 saturated carbocycles. The Hall–Kier alpha value is -2.50. The molecular formula is C22H25NO9. The number of likely N-dealkylation sites (N-methyl/N-ethyl adjacent to an activating group) is 1. The molecule has 0 aromatic heterocycles. The lowest BCUT2D eigenvalue weighted by Crippen LogP contribution is -2.74. The average molecular weight is 447 g/mol. The van der Waals surface area contributed by atoms with Crippen LogP contribution in [0, 0.1) is 0 Å². The number of carbonyl (C=O) groups excluding carboxylic acids is 1. The van der Waals surface area contributed by atoms with Gasteiger partial charge in [-0.15, -0.1) is 0 Å². The Labute approximate surface area is 183 Å². The zero-order chi connectivity index (χ0) is 23.0. The molecule has 2 unspecified atom stereocenters. The summed E-state index contributed by atoms with van der Waals surface area (Å²) in [5.74, 6) is -2.57. The van der Waals surface area contributed by atoms with Crippen molar-refractivity contribution in [1.29, 1.82) is 0 Å². The third-order valence-electron chi connectivity index (χ3n) is 7.64. The van der Waals surface area contributed by atoms with E-state index in [0.29, 0.717) is 30.7 Å². The number of likely N-dealkylation sites (tertiary alicyclic amines) is 1. The summed E-state index contributed by atoms with van der Waals surface area (Å²) >= 11 is 0. The van der Waals surface area contributed by atoms with Gasteiger partial charge in [-0.1, -0.05) is 12.1 Å². The van der Waals surface area contributed by atoms with E-state index in [2.05, 4.69) is 4.90 Å². The predicted molar refractivity (Wildman–Crippen MR) is 107 cm³/mol. The van der Waals surface area contributed by atoms with E-state index in [-0.39, 0.29) is 24.8 Å². The van der Waals surface area contributed by atoms with Gasteiger partial charge in [-0.3, -0.25) is 0 Å². The van der Waals surface area contributed by atoms with Crippen LogP contribution in [0.15, 0.2) is 24.0 Å². The number of carboxylic acids is 1. The van der Waals surface area contributed by atoms with E-state index < -0.39 is 41.3 Å². The monoisotopic (exact) mass is 447 g/mol.